The van der Waals surface area contributed by atoms with Crippen molar-refractivity contribution in [1.82, 2.24) is 0 Å². The van der Waals surface area contributed by atoms with Crippen LogP contribution in [0, 0.1) is 27.7 Å². The molecule has 0 saturated carbocycles. The van der Waals surface area contributed by atoms with Gasteiger partial charge in [0.25, 0.3) is 0 Å². The van der Waals surface area contributed by atoms with E-state index in [4.69, 9.17) is 0 Å². The quantitative estimate of drug-likeness (QED) is 0.644. The number of aromatic hydroxyl groups is 2. The normalized spacial score (nSPS) is 10.7. The van der Waals surface area contributed by atoms with Crippen LogP contribution in [0.25, 0.3) is 0 Å². The van der Waals surface area contributed by atoms with Crippen LogP contribution in [0.15, 0.2) is 48.5 Å². The van der Waals surface area contributed by atoms with Gasteiger partial charge < -0.3 is 10.2 Å². The molecule has 0 spiro atoms. The Hall–Kier alpha value is -3.40. The Labute approximate surface area is 164 Å². The average molecular weight is 374 g/mol. The van der Waals surface area contributed by atoms with Crippen LogP contribution in [-0.4, -0.2) is 21.8 Å². The van der Waals surface area contributed by atoms with Crippen molar-refractivity contribution >= 4 is 11.6 Å². The number of hydrogen-bond donors (Lipinski definition) is 2. The molecule has 142 valence electrons. The highest BCUT2D eigenvalue weighted by Gasteiger charge is 2.17. The van der Waals surface area contributed by atoms with Gasteiger partial charge in [-0.1, -0.05) is 18.2 Å². The van der Waals surface area contributed by atoms with Crippen molar-refractivity contribution in [2.45, 2.75) is 27.7 Å². The number of phenols is 2. The lowest BCUT2D eigenvalue weighted by Gasteiger charge is -2.10. The summed E-state index contributed by atoms with van der Waals surface area (Å²) in [7, 11) is 0. The molecule has 0 aliphatic carbocycles. The van der Waals surface area contributed by atoms with Gasteiger partial charge in [0, 0.05) is 22.3 Å². The SMILES string of the molecule is Cc1cc(C(=O)c2cccc(C(=O)c3cc(C)c(O)c(C)c3)c2)cc(C)c1O. The minimum Gasteiger partial charge on any atom is -0.507 e. The van der Waals surface area contributed by atoms with Crippen molar-refractivity contribution in [2.24, 2.45) is 0 Å². The van der Waals surface area contributed by atoms with Gasteiger partial charge in [0.1, 0.15) is 11.5 Å². The number of hydrogen-bond acceptors (Lipinski definition) is 4. The molecule has 0 bridgehead atoms. The maximum absolute atomic E-state index is 12.9. The van der Waals surface area contributed by atoms with Crippen LogP contribution < -0.4 is 0 Å². The van der Waals surface area contributed by atoms with Crippen LogP contribution >= 0.6 is 0 Å². The zero-order valence-corrected chi connectivity index (χ0v) is 16.3. The van der Waals surface area contributed by atoms with Crippen molar-refractivity contribution in [2.75, 3.05) is 0 Å². The Bertz CT molecular complexity index is 979. The molecule has 2 N–H and O–H groups in total. The minimum atomic E-state index is -0.209. The molecule has 3 rings (SSSR count). The van der Waals surface area contributed by atoms with Gasteiger partial charge in [-0.25, -0.2) is 0 Å². The molecule has 4 nitrogen and oxygen atoms in total. The molecule has 28 heavy (non-hydrogen) atoms. The number of rotatable bonds is 4. The van der Waals surface area contributed by atoms with E-state index >= 15 is 0 Å². The predicted octanol–water partition coefficient (Wildman–Crippen LogP) is 4.79. The zero-order valence-electron chi connectivity index (χ0n) is 16.3. The minimum absolute atomic E-state index is 0.179. The molecule has 0 unspecified atom stereocenters. The first-order chi connectivity index (χ1) is 13.2. The number of carbonyl (C=O) groups excluding carboxylic acids is 2. The second kappa shape index (κ2) is 7.31. The van der Waals surface area contributed by atoms with Crippen molar-refractivity contribution < 1.29 is 19.8 Å². The smallest absolute Gasteiger partial charge is 0.193 e. The number of aryl methyl sites for hydroxylation is 4. The first-order valence-electron chi connectivity index (χ1n) is 8.99. The van der Waals surface area contributed by atoms with Crippen LogP contribution in [0.4, 0.5) is 0 Å². The maximum atomic E-state index is 12.9. The molecule has 0 heterocycles. The summed E-state index contributed by atoms with van der Waals surface area (Å²) in [5.74, 6) is -0.0602. The second-order valence-electron chi connectivity index (χ2n) is 7.16. The summed E-state index contributed by atoms with van der Waals surface area (Å²) in [5, 5.41) is 19.8. The van der Waals surface area contributed by atoms with Crippen LogP contribution in [0.5, 0.6) is 11.5 Å². The molecule has 0 aliphatic rings. The third-order valence-corrected chi connectivity index (χ3v) is 4.89. The fourth-order valence-electron chi connectivity index (χ4n) is 3.31. The summed E-state index contributed by atoms with van der Waals surface area (Å²) in [6.07, 6.45) is 0. The van der Waals surface area contributed by atoms with Crippen LogP contribution in [0.3, 0.4) is 0 Å². The third-order valence-electron chi connectivity index (χ3n) is 4.89. The van der Waals surface area contributed by atoms with Crippen LogP contribution in [-0.2, 0) is 0 Å². The molecule has 3 aromatic carbocycles. The van der Waals surface area contributed by atoms with E-state index in [1.165, 1.54) is 0 Å². The highest BCUT2D eigenvalue weighted by Crippen LogP contribution is 2.26. The molecule has 0 amide bonds. The largest absolute Gasteiger partial charge is 0.507 e. The summed E-state index contributed by atoms with van der Waals surface area (Å²) in [6, 6.07) is 13.2. The Balaban J connectivity index is 1.98. The van der Waals surface area contributed by atoms with E-state index in [0.29, 0.717) is 44.5 Å². The van der Waals surface area contributed by atoms with E-state index in [-0.39, 0.29) is 23.1 Å². The van der Waals surface area contributed by atoms with E-state index in [1.807, 2.05) is 0 Å². The Morgan fingerprint density at radius 2 is 0.893 bits per heavy atom. The molecule has 0 aromatic heterocycles. The zero-order chi connectivity index (χ0) is 20.6. The van der Waals surface area contributed by atoms with Crippen LogP contribution in [0.1, 0.15) is 54.1 Å². The monoisotopic (exact) mass is 374 g/mol. The summed E-state index contributed by atoms with van der Waals surface area (Å²) in [5.41, 5.74) is 4.26. The van der Waals surface area contributed by atoms with Crippen molar-refractivity contribution in [3.8, 4) is 11.5 Å². The summed E-state index contributed by atoms with van der Waals surface area (Å²) >= 11 is 0. The molecular formula is C24H22O4. The topological polar surface area (TPSA) is 74.6 Å². The molecular weight excluding hydrogens is 352 g/mol. The molecule has 4 heteroatoms. The third kappa shape index (κ3) is 3.54. The molecule has 0 fully saturated rings. The van der Waals surface area contributed by atoms with E-state index < -0.39 is 0 Å². The molecule has 0 aliphatic heterocycles. The van der Waals surface area contributed by atoms with Crippen molar-refractivity contribution in [1.29, 1.82) is 0 Å². The Morgan fingerprint density at radius 1 is 0.571 bits per heavy atom. The van der Waals surface area contributed by atoms with Crippen LogP contribution in [0.2, 0.25) is 0 Å². The first kappa shape index (κ1) is 19.4. The highest BCUT2D eigenvalue weighted by atomic mass is 16.3. The van der Waals surface area contributed by atoms with Gasteiger partial charge in [0.05, 0.1) is 0 Å². The fraction of sp³-hybridized carbons (Fsp3) is 0.167. The van der Waals surface area contributed by atoms with E-state index in [1.54, 1.807) is 76.2 Å². The van der Waals surface area contributed by atoms with Crippen molar-refractivity contribution in [3.63, 3.8) is 0 Å². The van der Waals surface area contributed by atoms with Gasteiger partial charge >= 0.3 is 0 Å². The van der Waals surface area contributed by atoms with Gasteiger partial charge in [0.2, 0.25) is 0 Å². The molecule has 0 saturated heterocycles. The van der Waals surface area contributed by atoms with Gasteiger partial charge in [-0.05, 0) is 80.3 Å². The molecule has 3 aromatic rings. The average Bonchev–Trinajstić information content (AvgIpc) is 2.68. The number of phenolic OH excluding ortho intramolecular Hbond substituents is 2. The lowest BCUT2D eigenvalue weighted by atomic mass is 9.94. The predicted molar refractivity (Wildman–Crippen MR) is 108 cm³/mol. The lowest BCUT2D eigenvalue weighted by Crippen LogP contribution is -2.07. The maximum Gasteiger partial charge on any atom is 0.193 e. The van der Waals surface area contributed by atoms with Gasteiger partial charge in [-0.2, -0.15) is 0 Å². The van der Waals surface area contributed by atoms with Gasteiger partial charge in [-0.15, -0.1) is 0 Å². The number of ketones is 2. The number of carbonyl (C=O) groups is 2. The second-order valence-corrected chi connectivity index (χ2v) is 7.16. The van der Waals surface area contributed by atoms with Gasteiger partial charge in [-0.3, -0.25) is 9.59 Å². The van der Waals surface area contributed by atoms with E-state index in [9.17, 15) is 19.8 Å². The standard InChI is InChI=1S/C24H22O4/c1-13-8-19(9-14(2)21(13)25)23(27)17-6-5-7-18(12-17)24(28)20-10-15(3)22(26)16(4)11-20/h5-12,25-26H,1-4H3. The molecule has 0 atom stereocenters. The summed E-state index contributed by atoms with van der Waals surface area (Å²) in [6.45, 7) is 6.98. The van der Waals surface area contributed by atoms with E-state index in [2.05, 4.69) is 0 Å². The summed E-state index contributed by atoms with van der Waals surface area (Å²) < 4.78 is 0. The van der Waals surface area contributed by atoms with E-state index in [0.717, 1.165) is 0 Å². The lowest BCUT2D eigenvalue weighted by molar-refractivity contribution is 0.103. The molecule has 0 radical (unpaired) electrons. The van der Waals surface area contributed by atoms with Crippen molar-refractivity contribution in [3.05, 3.63) is 93.0 Å². The Morgan fingerprint density at radius 3 is 1.21 bits per heavy atom. The van der Waals surface area contributed by atoms with Gasteiger partial charge in [0.15, 0.2) is 11.6 Å². The fourth-order valence-corrected chi connectivity index (χ4v) is 3.31. The first-order valence-corrected chi connectivity index (χ1v) is 8.99. The Kier molecular flexibility index (Phi) is 5.06. The highest BCUT2D eigenvalue weighted by molar-refractivity contribution is 6.13. The summed E-state index contributed by atoms with van der Waals surface area (Å²) in [4.78, 5) is 25.8. The number of benzene rings is 3.